The van der Waals surface area contributed by atoms with E-state index in [1.807, 2.05) is 13.8 Å². The van der Waals surface area contributed by atoms with Crippen LogP contribution in [0, 0.1) is 13.8 Å². The van der Waals surface area contributed by atoms with E-state index in [0.29, 0.717) is 12.6 Å². The van der Waals surface area contributed by atoms with Crippen LogP contribution in [0.15, 0.2) is 27.6 Å². The molecule has 1 aliphatic rings. The lowest BCUT2D eigenvalue weighted by molar-refractivity contribution is 0.221. The minimum Gasteiger partial charge on any atom is -0.466 e. The highest BCUT2D eigenvalue weighted by Crippen LogP contribution is 2.15. The minimum absolute atomic E-state index is 0. The van der Waals surface area contributed by atoms with Crippen LogP contribution >= 0.6 is 24.0 Å². The molecule has 5 nitrogen and oxygen atoms in total. The van der Waals surface area contributed by atoms with Crippen LogP contribution in [-0.4, -0.2) is 43.1 Å². The molecular formula is C19H33IN4O. The second-order valence-corrected chi connectivity index (χ2v) is 6.79. The second kappa shape index (κ2) is 10.9. The monoisotopic (exact) mass is 460 g/mol. The largest absolute Gasteiger partial charge is 0.466 e. The highest BCUT2D eigenvalue weighted by Gasteiger charge is 2.19. The number of likely N-dealkylation sites (tertiary alicyclic amines) is 1. The quantitative estimate of drug-likeness (QED) is 0.295. The Bertz CT molecular complexity index is 574. The molecule has 0 unspecified atom stereocenters. The topological polar surface area (TPSA) is 52.8 Å². The van der Waals surface area contributed by atoms with Crippen LogP contribution in [0.1, 0.15) is 43.8 Å². The molecule has 6 heteroatoms. The van der Waals surface area contributed by atoms with E-state index in [9.17, 15) is 0 Å². The van der Waals surface area contributed by atoms with E-state index in [0.717, 1.165) is 62.1 Å². The number of nitrogens with zero attached hydrogens (tertiary/aromatic N) is 2. The number of piperidine rings is 1. The van der Waals surface area contributed by atoms with Crippen molar-refractivity contribution in [2.75, 3.05) is 26.2 Å². The first-order chi connectivity index (χ1) is 11.5. The zero-order valence-corrected chi connectivity index (χ0v) is 18.4. The summed E-state index contributed by atoms with van der Waals surface area (Å²) in [6, 6.07) is 2.55. The van der Waals surface area contributed by atoms with Gasteiger partial charge in [-0.15, -0.1) is 24.0 Å². The Morgan fingerprint density at radius 3 is 2.56 bits per heavy atom. The van der Waals surface area contributed by atoms with Crippen molar-refractivity contribution in [1.29, 1.82) is 0 Å². The highest BCUT2D eigenvalue weighted by molar-refractivity contribution is 14.0. The van der Waals surface area contributed by atoms with Gasteiger partial charge in [-0.05, 0) is 46.6 Å². The molecule has 2 heterocycles. The van der Waals surface area contributed by atoms with Crippen molar-refractivity contribution in [1.82, 2.24) is 15.5 Å². The Morgan fingerprint density at radius 2 is 2.04 bits per heavy atom. The molecule has 0 aliphatic carbocycles. The molecule has 1 saturated heterocycles. The summed E-state index contributed by atoms with van der Waals surface area (Å²) in [5, 5.41) is 6.94. The van der Waals surface area contributed by atoms with E-state index >= 15 is 0 Å². The van der Waals surface area contributed by atoms with E-state index < -0.39 is 0 Å². The Balaban J connectivity index is 0.00000312. The van der Waals surface area contributed by atoms with Gasteiger partial charge in [-0.2, -0.15) is 0 Å². The van der Waals surface area contributed by atoms with Gasteiger partial charge < -0.3 is 15.1 Å². The van der Waals surface area contributed by atoms with Crippen molar-refractivity contribution in [3.63, 3.8) is 0 Å². The van der Waals surface area contributed by atoms with Crippen LogP contribution in [0.25, 0.3) is 0 Å². The van der Waals surface area contributed by atoms with E-state index in [2.05, 4.69) is 42.0 Å². The number of hydrogen-bond acceptors (Lipinski definition) is 3. The lowest BCUT2D eigenvalue weighted by Crippen LogP contribution is -2.48. The van der Waals surface area contributed by atoms with Gasteiger partial charge in [0.2, 0.25) is 0 Å². The third-order valence-corrected chi connectivity index (χ3v) is 4.32. The fourth-order valence-corrected chi connectivity index (χ4v) is 3.14. The van der Waals surface area contributed by atoms with Crippen molar-refractivity contribution in [2.45, 2.75) is 53.1 Å². The van der Waals surface area contributed by atoms with Crippen LogP contribution in [-0.2, 0) is 6.54 Å². The molecule has 0 saturated carbocycles. The van der Waals surface area contributed by atoms with Gasteiger partial charge in [0.25, 0.3) is 0 Å². The highest BCUT2D eigenvalue weighted by atomic mass is 127. The number of aryl methyl sites for hydroxylation is 2. The number of rotatable bonds is 6. The first-order valence-corrected chi connectivity index (χ1v) is 8.95. The van der Waals surface area contributed by atoms with E-state index in [-0.39, 0.29) is 24.0 Å². The molecule has 2 rings (SSSR count). The third kappa shape index (κ3) is 7.40. The van der Waals surface area contributed by atoms with Crippen LogP contribution in [0.2, 0.25) is 0 Å². The average molecular weight is 460 g/mol. The summed E-state index contributed by atoms with van der Waals surface area (Å²) >= 11 is 0. The number of nitrogens with one attached hydrogen (secondary N) is 2. The molecule has 0 spiro atoms. The molecule has 1 aromatic rings. The molecule has 142 valence electrons. The predicted molar refractivity (Wildman–Crippen MR) is 116 cm³/mol. The summed E-state index contributed by atoms with van der Waals surface area (Å²) in [7, 11) is 0. The minimum atomic E-state index is 0. The summed E-state index contributed by atoms with van der Waals surface area (Å²) < 4.78 is 5.58. The van der Waals surface area contributed by atoms with Crippen molar-refractivity contribution >= 4 is 29.9 Å². The summed E-state index contributed by atoms with van der Waals surface area (Å²) in [6.07, 6.45) is 2.28. The van der Waals surface area contributed by atoms with Crippen LogP contribution in [0.4, 0.5) is 0 Å². The normalized spacial score (nSPS) is 16.4. The lowest BCUT2D eigenvalue weighted by Gasteiger charge is -2.33. The van der Waals surface area contributed by atoms with E-state index in [1.54, 1.807) is 0 Å². The fraction of sp³-hybridized carbons (Fsp3) is 0.632. The molecule has 0 radical (unpaired) electrons. The Labute approximate surface area is 169 Å². The molecule has 1 fully saturated rings. The summed E-state index contributed by atoms with van der Waals surface area (Å²) in [5.41, 5.74) is 2.39. The maximum atomic E-state index is 5.58. The van der Waals surface area contributed by atoms with Crippen LogP contribution in [0.5, 0.6) is 0 Å². The fourth-order valence-electron chi connectivity index (χ4n) is 3.14. The van der Waals surface area contributed by atoms with Gasteiger partial charge >= 0.3 is 0 Å². The second-order valence-electron chi connectivity index (χ2n) is 6.79. The molecule has 2 N–H and O–H groups in total. The van der Waals surface area contributed by atoms with Gasteiger partial charge in [0.15, 0.2) is 5.96 Å². The van der Waals surface area contributed by atoms with Gasteiger partial charge in [0, 0.05) is 37.8 Å². The van der Waals surface area contributed by atoms with Crippen molar-refractivity contribution in [3.05, 3.63) is 35.3 Å². The molecule has 1 aliphatic heterocycles. The number of furan rings is 1. The van der Waals surface area contributed by atoms with E-state index in [1.165, 1.54) is 5.57 Å². The predicted octanol–water partition coefficient (Wildman–Crippen LogP) is 3.61. The number of hydrogen-bond donors (Lipinski definition) is 2. The Hall–Kier alpha value is -1.02. The van der Waals surface area contributed by atoms with Gasteiger partial charge in [-0.3, -0.25) is 4.90 Å². The molecular weight excluding hydrogens is 427 g/mol. The zero-order valence-electron chi connectivity index (χ0n) is 16.0. The molecule has 25 heavy (non-hydrogen) atoms. The van der Waals surface area contributed by atoms with Gasteiger partial charge in [-0.25, -0.2) is 4.99 Å². The molecule has 1 aromatic heterocycles. The maximum absolute atomic E-state index is 5.58. The summed E-state index contributed by atoms with van der Waals surface area (Å²) in [5.74, 6) is 2.80. The van der Waals surface area contributed by atoms with Crippen molar-refractivity contribution in [2.24, 2.45) is 4.99 Å². The smallest absolute Gasteiger partial charge is 0.191 e. The SMILES string of the molecule is C=C(C)CN1CCC(NC(=NCc2cc(C)oc2C)NCC)CC1.I. The van der Waals surface area contributed by atoms with Crippen molar-refractivity contribution < 1.29 is 4.42 Å². The zero-order chi connectivity index (χ0) is 17.5. The van der Waals surface area contributed by atoms with Gasteiger partial charge in [0.05, 0.1) is 6.54 Å². The first kappa shape index (κ1) is 22.0. The number of halogens is 1. The summed E-state index contributed by atoms with van der Waals surface area (Å²) in [6.45, 7) is 16.9. The summed E-state index contributed by atoms with van der Waals surface area (Å²) in [4.78, 5) is 7.20. The van der Waals surface area contributed by atoms with Gasteiger partial charge in [0.1, 0.15) is 11.5 Å². The molecule has 0 atom stereocenters. The average Bonchev–Trinajstić information content (AvgIpc) is 2.84. The molecule has 0 bridgehead atoms. The van der Waals surface area contributed by atoms with Crippen LogP contribution in [0.3, 0.4) is 0 Å². The number of aliphatic imine (C=N–C) groups is 1. The van der Waals surface area contributed by atoms with Gasteiger partial charge in [-0.1, -0.05) is 12.2 Å². The third-order valence-electron chi connectivity index (χ3n) is 4.32. The standard InChI is InChI=1S/C19H32N4O.HI/c1-6-20-19(21-12-17-11-15(4)24-16(17)5)22-18-7-9-23(10-8-18)13-14(2)3;/h11,18H,2,6-10,12-13H2,1,3-5H3,(H2,20,21,22);1H. The first-order valence-electron chi connectivity index (χ1n) is 8.95. The van der Waals surface area contributed by atoms with E-state index in [4.69, 9.17) is 9.41 Å². The van der Waals surface area contributed by atoms with Crippen LogP contribution < -0.4 is 10.6 Å². The molecule has 0 aromatic carbocycles. The Morgan fingerprint density at radius 1 is 1.36 bits per heavy atom. The van der Waals surface area contributed by atoms with Crippen molar-refractivity contribution in [3.8, 4) is 0 Å². The number of guanidine groups is 1. The lowest BCUT2D eigenvalue weighted by atomic mass is 10.0. The maximum Gasteiger partial charge on any atom is 0.191 e. The Kier molecular flexibility index (Phi) is 9.56. The molecule has 0 amide bonds.